The highest BCUT2D eigenvalue weighted by atomic mass is 32.2. The van der Waals surface area contributed by atoms with E-state index in [1.54, 1.807) is 11.7 Å². The van der Waals surface area contributed by atoms with Crippen molar-refractivity contribution >= 4 is 17.7 Å². The van der Waals surface area contributed by atoms with E-state index in [1.165, 1.54) is 25.1 Å². The molecule has 6 heteroatoms. The predicted octanol–water partition coefficient (Wildman–Crippen LogP) is 0.433. The van der Waals surface area contributed by atoms with Gasteiger partial charge in [-0.15, -0.1) is 11.8 Å². The zero-order valence-corrected chi connectivity index (χ0v) is 8.51. The Bertz CT molecular complexity index is 311. The summed E-state index contributed by atoms with van der Waals surface area (Å²) >= 11 is 1.47. The van der Waals surface area contributed by atoms with E-state index in [-0.39, 0.29) is 5.91 Å². The first-order valence-corrected chi connectivity index (χ1v) is 4.82. The molecule has 1 heterocycles. The van der Waals surface area contributed by atoms with Crippen LogP contribution in [-0.2, 0) is 11.9 Å². The van der Waals surface area contributed by atoms with Crippen LogP contribution in [0.25, 0.3) is 0 Å². The molecule has 72 valence electrons. The van der Waals surface area contributed by atoms with Gasteiger partial charge in [-0.1, -0.05) is 0 Å². The average molecular weight is 201 g/mol. The van der Waals surface area contributed by atoms with Gasteiger partial charge in [-0.25, -0.2) is 5.48 Å². The summed E-state index contributed by atoms with van der Waals surface area (Å²) < 4.78 is 1.65. The summed E-state index contributed by atoms with van der Waals surface area (Å²) in [6.07, 6.45) is 3.40. The maximum absolute atomic E-state index is 11.3. The number of amides is 1. The van der Waals surface area contributed by atoms with Crippen molar-refractivity contribution in [3.63, 3.8) is 0 Å². The van der Waals surface area contributed by atoms with Gasteiger partial charge in [0.15, 0.2) is 0 Å². The number of hydrogen-bond donors (Lipinski definition) is 1. The van der Waals surface area contributed by atoms with Crippen molar-refractivity contribution in [2.24, 2.45) is 7.05 Å². The van der Waals surface area contributed by atoms with Gasteiger partial charge >= 0.3 is 0 Å². The molecule has 1 N–H and O–H groups in total. The van der Waals surface area contributed by atoms with Gasteiger partial charge < -0.3 is 0 Å². The maximum Gasteiger partial charge on any atom is 0.279 e. The number of nitrogens with zero attached hydrogens (tertiary/aromatic N) is 2. The van der Waals surface area contributed by atoms with Crippen LogP contribution in [0.4, 0.5) is 0 Å². The van der Waals surface area contributed by atoms with E-state index >= 15 is 0 Å². The predicted molar refractivity (Wildman–Crippen MR) is 49.5 cm³/mol. The Kier molecular flexibility index (Phi) is 3.32. The summed E-state index contributed by atoms with van der Waals surface area (Å²) in [5, 5.41) is 4.78. The van der Waals surface area contributed by atoms with Gasteiger partial charge in [0, 0.05) is 7.05 Å². The van der Waals surface area contributed by atoms with Crippen molar-refractivity contribution in [1.29, 1.82) is 0 Å². The molecule has 0 radical (unpaired) electrons. The van der Waals surface area contributed by atoms with Gasteiger partial charge in [0.05, 0.1) is 18.9 Å². The van der Waals surface area contributed by atoms with Crippen LogP contribution in [0.3, 0.4) is 0 Å². The van der Waals surface area contributed by atoms with E-state index in [4.69, 9.17) is 0 Å². The Morgan fingerprint density at radius 2 is 2.46 bits per heavy atom. The quantitative estimate of drug-likeness (QED) is 0.569. The van der Waals surface area contributed by atoms with Crippen LogP contribution >= 0.6 is 11.8 Å². The van der Waals surface area contributed by atoms with Crippen LogP contribution in [0.5, 0.6) is 0 Å². The minimum Gasteiger partial charge on any atom is -0.277 e. The number of hydroxylamine groups is 1. The van der Waals surface area contributed by atoms with Gasteiger partial charge in [0.25, 0.3) is 5.91 Å². The molecule has 0 saturated heterocycles. The first-order valence-electron chi connectivity index (χ1n) is 3.60. The zero-order chi connectivity index (χ0) is 9.84. The van der Waals surface area contributed by atoms with Gasteiger partial charge in [0.1, 0.15) is 5.03 Å². The fourth-order valence-corrected chi connectivity index (χ4v) is 1.65. The van der Waals surface area contributed by atoms with E-state index < -0.39 is 0 Å². The third-order valence-corrected chi connectivity index (χ3v) is 2.39. The van der Waals surface area contributed by atoms with Crippen LogP contribution in [0.1, 0.15) is 10.4 Å². The molecule has 1 amide bonds. The van der Waals surface area contributed by atoms with Crippen molar-refractivity contribution in [3.05, 3.63) is 11.8 Å². The topological polar surface area (TPSA) is 56.1 Å². The lowest BCUT2D eigenvalue weighted by atomic mass is 10.3. The first-order chi connectivity index (χ1) is 6.20. The summed E-state index contributed by atoms with van der Waals surface area (Å²) in [4.78, 5) is 15.9. The number of rotatable bonds is 3. The molecule has 1 rings (SSSR count). The summed E-state index contributed by atoms with van der Waals surface area (Å²) in [5.41, 5.74) is 2.77. The number of thioether (sulfide) groups is 1. The third-order valence-electron chi connectivity index (χ3n) is 1.52. The molecule has 0 bridgehead atoms. The molecule has 0 aromatic carbocycles. The Labute approximate surface area is 80.4 Å². The van der Waals surface area contributed by atoms with Crippen LogP contribution in [0.2, 0.25) is 0 Å². The SMILES string of the molecule is CONC(=O)c1cnn(C)c1SC. The fourth-order valence-electron chi connectivity index (χ4n) is 0.972. The van der Waals surface area contributed by atoms with E-state index in [0.717, 1.165) is 5.03 Å². The Morgan fingerprint density at radius 1 is 1.77 bits per heavy atom. The number of nitrogens with one attached hydrogen (secondary N) is 1. The lowest BCUT2D eigenvalue weighted by Crippen LogP contribution is -2.22. The molecule has 5 nitrogen and oxygen atoms in total. The van der Waals surface area contributed by atoms with E-state index in [9.17, 15) is 4.79 Å². The second-order valence-electron chi connectivity index (χ2n) is 2.33. The fraction of sp³-hybridized carbons (Fsp3) is 0.429. The molecule has 0 unspecified atom stereocenters. The van der Waals surface area contributed by atoms with E-state index in [1.807, 2.05) is 6.26 Å². The number of aryl methyl sites for hydroxylation is 1. The highest BCUT2D eigenvalue weighted by molar-refractivity contribution is 7.98. The van der Waals surface area contributed by atoms with Gasteiger partial charge in [-0.05, 0) is 6.26 Å². The summed E-state index contributed by atoms with van der Waals surface area (Å²) in [7, 11) is 3.18. The largest absolute Gasteiger partial charge is 0.279 e. The van der Waals surface area contributed by atoms with Crippen molar-refractivity contribution in [2.45, 2.75) is 5.03 Å². The van der Waals surface area contributed by atoms with E-state index in [0.29, 0.717) is 5.56 Å². The third kappa shape index (κ3) is 2.02. The van der Waals surface area contributed by atoms with E-state index in [2.05, 4.69) is 15.4 Å². The van der Waals surface area contributed by atoms with Gasteiger partial charge in [-0.2, -0.15) is 5.10 Å². The number of carbonyl (C=O) groups is 1. The van der Waals surface area contributed by atoms with Crippen LogP contribution in [-0.4, -0.2) is 29.1 Å². The summed E-state index contributed by atoms with van der Waals surface area (Å²) in [6.45, 7) is 0. The Balaban J connectivity index is 2.93. The second-order valence-corrected chi connectivity index (χ2v) is 3.12. The summed E-state index contributed by atoms with van der Waals surface area (Å²) in [6, 6.07) is 0. The minimum absolute atomic E-state index is 0.278. The lowest BCUT2D eigenvalue weighted by molar-refractivity contribution is 0.0534. The Hall–Kier alpha value is -1.01. The van der Waals surface area contributed by atoms with Crippen molar-refractivity contribution < 1.29 is 9.63 Å². The van der Waals surface area contributed by atoms with Gasteiger partial charge in [-0.3, -0.25) is 14.3 Å². The molecule has 0 aliphatic carbocycles. The number of aromatic nitrogens is 2. The first kappa shape index (κ1) is 10.1. The Morgan fingerprint density at radius 3 is 3.00 bits per heavy atom. The maximum atomic E-state index is 11.3. The number of hydrogen-bond acceptors (Lipinski definition) is 4. The molecule has 0 spiro atoms. The van der Waals surface area contributed by atoms with Crippen LogP contribution in [0, 0.1) is 0 Å². The van der Waals surface area contributed by atoms with Crippen molar-refractivity contribution in [1.82, 2.24) is 15.3 Å². The zero-order valence-electron chi connectivity index (χ0n) is 7.70. The summed E-state index contributed by atoms with van der Waals surface area (Å²) in [5.74, 6) is -0.278. The smallest absolute Gasteiger partial charge is 0.277 e. The average Bonchev–Trinajstić information content (AvgIpc) is 2.47. The van der Waals surface area contributed by atoms with Crippen molar-refractivity contribution in [3.8, 4) is 0 Å². The van der Waals surface area contributed by atoms with Crippen molar-refractivity contribution in [2.75, 3.05) is 13.4 Å². The number of carbonyl (C=O) groups excluding carboxylic acids is 1. The minimum atomic E-state index is -0.278. The molecule has 1 aromatic heterocycles. The molecule has 0 aliphatic rings. The van der Waals surface area contributed by atoms with Gasteiger partial charge in [0.2, 0.25) is 0 Å². The monoisotopic (exact) mass is 201 g/mol. The molecule has 0 fully saturated rings. The molecule has 0 atom stereocenters. The molecule has 0 saturated carbocycles. The highest BCUT2D eigenvalue weighted by Crippen LogP contribution is 2.18. The second kappa shape index (κ2) is 4.29. The molecular formula is C7H11N3O2S. The normalized spacial score (nSPS) is 10.1. The highest BCUT2D eigenvalue weighted by Gasteiger charge is 2.14. The van der Waals surface area contributed by atoms with Crippen LogP contribution < -0.4 is 5.48 Å². The van der Waals surface area contributed by atoms with Crippen LogP contribution in [0.15, 0.2) is 11.2 Å². The molecule has 1 aromatic rings. The lowest BCUT2D eigenvalue weighted by Gasteiger charge is -2.02. The molecule has 13 heavy (non-hydrogen) atoms. The molecular weight excluding hydrogens is 190 g/mol. The standard InChI is InChI=1S/C7H11N3O2S/c1-10-7(13-3)5(4-8-10)6(11)9-12-2/h4H,1-3H3,(H,9,11). The molecule has 0 aliphatic heterocycles.